The number of benzene rings is 1. The lowest BCUT2D eigenvalue weighted by atomic mass is 10.0. The Labute approximate surface area is 89.0 Å². The lowest BCUT2D eigenvalue weighted by Gasteiger charge is -2.15. The Hall–Kier alpha value is -1.55. The molecule has 1 unspecified atom stereocenters. The minimum Gasteiger partial charge on any atom is -0.496 e. The van der Waals surface area contributed by atoms with Gasteiger partial charge in [-0.3, -0.25) is 0 Å². The SMILES string of the molecule is COc1ccc(C(N)C=O)c(OC)c1C. The number of carbonyl (C=O) groups is 1. The molecule has 0 fully saturated rings. The van der Waals surface area contributed by atoms with E-state index in [1.165, 1.54) is 0 Å². The summed E-state index contributed by atoms with van der Waals surface area (Å²) in [7, 11) is 3.13. The minimum absolute atomic E-state index is 0.606. The molecule has 0 spiro atoms. The summed E-state index contributed by atoms with van der Waals surface area (Å²) < 4.78 is 10.4. The maximum Gasteiger partial charge on any atom is 0.141 e. The molecule has 82 valence electrons. The predicted octanol–water partition coefficient (Wildman–Crippen LogP) is 1.21. The van der Waals surface area contributed by atoms with Crippen molar-refractivity contribution in [2.75, 3.05) is 14.2 Å². The summed E-state index contributed by atoms with van der Waals surface area (Å²) in [6.45, 7) is 1.86. The van der Waals surface area contributed by atoms with Gasteiger partial charge in [0.05, 0.1) is 20.3 Å². The molecule has 1 aromatic rings. The van der Waals surface area contributed by atoms with Gasteiger partial charge >= 0.3 is 0 Å². The summed E-state index contributed by atoms with van der Waals surface area (Å²) in [6.07, 6.45) is 0.684. The zero-order chi connectivity index (χ0) is 11.4. The third kappa shape index (κ3) is 2.10. The first-order chi connectivity index (χ1) is 7.15. The Kier molecular flexibility index (Phi) is 3.68. The molecule has 4 heteroatoms. The number of ether oxygens (including phenoxy) is 2. The summed E-state index contributed by atoms with van der Waals surface area (Å²) in [6, 6.07) is 2.85. The van der Waals surface area contributed by atoms with Crippen molar-refractivity contribution in [1.82, 2.24) is 0 Å². The molecule has 1 rings (SSSR count). The van der Waals surface area contributed by atoms with Gasteiger partial charge in [0.25, 0.3) is 0 Å². The van der Waals surface area contributed by atoms with Crippen LogP contribution in [0.4, 0.5) is 0 Å². The van der Waals surface area contributed by atoms with Crippen LogP contribution in [0.25, 0.3) is 0 Å². The van der Waals surface area contributed by atoms with Crippen molar-refractivity contribution in [2.45, 2.75) is 13.0 Å². The molecule has 0 aliphatic carbocycles. The first-order valence-corrected chi connectivity index (χ1v) is 4.58. The van der Waals surface area contributed by atoms with Gasteiger partial charge in [-0.05, 0) is 19.1 Å². The van der Waals surface area contributed by atoms with Gasteiger partial charge < -0.3 is 20.0 Å². The van der Waals surface area contributed by atoms with E-state index in [4.69, 9.17) is 15.2 Å². The standard InChI is InChI=1S/C11H15NO3/c1-7-10(14-2)5-4-8(9(12)6-13)11(7)15-3/h4-6,9H,12H2,1-3H3. The number of methoxy groups -OCH3 is 2. The van der Waals surface area contributed by atoms with Crippen molar-refractivity contribution in [1.29, 1.82) is 0 Å². The fourth-order valence-electron chi connectivity index (χ4n) is 1.52. The van der Waals surface area contributed by atoms with Crippen LogP contribution in [0.5, 0.6) is 11.5 Å². The van der Waals surface area contributed by atoms with E-state index in [9.17, 15) is 4.79 Å². The van der Waals surface area contributed by atoms with Crippen LogP contribution in [0.3, 0.4) is 0 Å². The highest BCUT2D eigenvalue weighted by molar-refractivity contribution is 5.65. The van der Waals surface area contributed by atoms with E-state index < -0.39 is 6.04 Å². The van der Waals surface area contributed by atoms with Gasteiger partial charge in [-0.25, -0.2) is 0 Å². The van der Waals surface area contributed by atoms with Gasteiger partial charge in [-0.1, -0.05) is 0 Å². The summed E-state index contributed by atoms with van der Waals surface area (Å²) in [5, 5.41) is 0. The number of hydrogen-bond acceptors (Lipinski definition) is 4. The van der Waals surface area contributed by atoms with Crippen LogP contribution < -0.4 is 15.2 Å². The van der Waals surface area contributed by atoms with Crippen molar-refractivity contribution < 1.29 is 14.3 Å². The Morgan fingerprint density at radius 2 is 2.00 bits per heavy atom. The maximum atomic E-state index is 10.6. The second-order valence-electron chi connectivity index (χ2n) is 3.18. The highest BCUT2D eigenvalue weighted by Gasteiger charge is 2.15. The Morgan fingerprint density at radius 3 is 2.47 bits per heavy atom. The quantitative estimate of drug-likeness (QED) is 0.757. The van der Waals surface area contributed by atoms with Gasteiger partial charge in [0.15, 0.2) is 0 Å². The Morgan fingerprint density at radius 1 is 1.33 bits per heavy atom. The van der Waals surface area contributed by atoms with Crippen LogP contribution >= 0.6 is 0 Å². The van der Waals surface area contributed by atoms with Gasteiger partial charge in [-0.15, -0.1) is 0 Å². The van der Waals surface area contributed by atoms with E-state index in [-0.39, 0.29) is 0 Å². The van der Waals surface area contributed by atoms with E-state index in [0.717, 1.165) is 5.56 Å². The average Bonchev–Trinajstić information content (AvgIpc) is 2.27. The fraction of sp³-hybridized carbons (Fsp3) is 0.364. The highest BCUT2D eigenvalue weighted by Crippen LogP contribution is 2.33. The molecule has 0 aliphatic heterocycles. The van der Waals surface area contributed by atoms with Crippen molar-refractivity contribution >= 4 is 6.29 Å². The number of rotatable bonds is 4. The van der Waals surface area contributed by atoms with Crippen molar-refractivity contribution in [3.05, 3.63) is 23.3 Å². The topological polar surface area (TPSA) is 61.5 Å². The zero-order valence-corrected chi connectivity index (χ0v) is 9.11. The first-order valence-electron chi connectivity index (χ1n) is 4.58. The summed E-state index contributed by atoms with van der Waals surface area (Å²) in [5.41, 5.74) is 7.16. The molecule has 0 aliphatic rings. The third-order valence-electron chi connectivity index (χ3n) is 2.32. The van der Waals surface area contributed by atoms with Gasteiger partial charge in [0.1, 0.15) is 17.8 Å². The molecule has 1 aromatic carbocycles. The molecule has 15 heavy (non-hydrogen) atoms. The predicted molar refractivity (Wildman–Crippen MR) is 57.3 cm³/mol. The second-order valence-corrected chi connectivity index (χ2v) is 3.18. The molecule has 0 aromatic heterocycles. The molecule has 0 bridgehead atoms. The van der Waals surface area contributed by atoms with Crippen LogP contribution in [0.2, 0.25) is 0 Å². The lowest BCUT2D eigenvalue weighted by Crippen LogP contribution is -2.13. The summed E-state index contributed by atoms with van der Waals surface area (Å²) in [5.74, 6) is 1.32. The zero-order valence-electron chi connectivity index (χ0n) is 9.11. The highest BCUT2D eigenvalue weighted by atomic mass is 16.5. The van der Waals surface area contributed by atoms with Crippen molar-refractivity contribution in [2.24, 2.45) is 5.73 Å². The molecule has 4 nitrogen and oxygen atoms in total. The van der Waals surface area contributed by atoms with Crippen molar-refractivity contribution in [3.8, 4) is 11.5 Å². The fourth-order valence-corrected chi connectivity index (χ4v) is 1.52. The van der Waals surface area contributed by atoms with Gasteiger partial charge in [0, 0.05) is 11.1 Å². The number of carbonyl (C=O) groups excluding carboxylic acids is 1. The van der Waals surface area contributed by atoms with Gasteiger partial charge in [0.2, 0.25) is 0 Å². The molecular weight excluding hydrogens is 194 g/mol. The molecule has 2 N–H and O–H groups in total. The molecule has 0 radical (unpaired) electrons. The van der Waals surface area contributed by atoms with E-state index in [2.05, 4.69) is 0 Å². The minimum atomic E-state index is -0.662. The van der Waals surface area contributed by atoms with Crippen LogP contribution in [0.15, 0.2) is 12.1 Å². The third-order valence-corrected chi connectivity index (χ3v) is 2.32. The monoisotopic (exact) mass is 209 g/mol. The molecule has 0 saturated heterocycles. The van der Waals surface area contributed by atoms with E-state index in [1.807, 2.05) is 6.92 Å². The first kappa shape index (κ1) is 11.5. The van der Waals surface area contributed by atoms with E-state index in [1.54, 1.807) is 26.4 Å². The van der Waals surface area contributed by atoms with Gasteiger partial charge in [-0.2, -0.15) is 0 Å². The smallest absolute Gasteiger partial charge is 0.141 e. The van der Waals surface area contributed by atoms with Crippen LogP contribution in [-0.4, -0.2) is 20.5 Å². The summed E-state index contributed by atoms with van der Waals surface area (Å²) >= 11 is 0. The lowest BCUT2D eigenvalue weighted by molar-refractivity contribution is -0.109. The largest absolute Gasteiger partial charge is 0.496 e. The van der Waals surface area contributed by atoms with Crippen LogP contribution in [0.1, 0.15) is 17.2 Å². The van der Waals surface area contributed by atoms with Crippen molar-refractivity contribution in [3.63, 3.8) is 0 Å². The molecular formula is C11H15NO3. The maximum absolute atomic E-state index is 10.6. The average molecular weight is 209 g/mol. The number of hydrogen-bond donors (Lipinski definition) is 1. The van der Waals surface area contributed by atoms with E-state index >= 15 is 0 Å². The second kappa shape index (κ2) is 4.79. The van der Waals surface area contributed by atoms with Crippen LogP contribution in [0, 0.1) is 6.92 Å². The molecule has 1 atom stereocenters. The van der Waals surface area contributed by atoms with E-state index in [0.29, 0.717) is 23.3 Å². The Balaban J connectivity index is 3.30. The summed E-state index contributed by atoms with van der Waals surface area (Å²) in [4.78, 5) is 10.6. The molecule has 0 saturated carbocycles. The molecule has 0 heterocycles. The Bertz CT molecular complexity index is 363. The number of nitrogens with two attached hydrogens (primary N) is 1. The normalized spacial score (nSPS) is 12.0. The molecule has 0 amide bonds. The van der Waals surface area contributed by atoms with Crippen LogP contribution in [-0.2, 0) is 4.79 Å². The number of aldehydes is 1.